The first kappa shape index (κ1) is 16.9. The SMILES string of the molecule is CC[C@H](C)N(CC(=O)NC1CCCCC1)C(=O)c1csnn1. The van der Waals surface area contributed by atoms with Crippen molar-refractivity contribution in [3.63, 3.8) is 0 Å². The van der Waals surface area contributed by atoms with Gasteiger partial charge in [0.15, 0.2) is 5.69 Å². The minimum Gasteiger partial charge on any atom is -0.352 e. The van der Waals surface area contributed by atoms with Crippen molar-refractivity contribution in [3.8, 4) is 0 Å². The number of carbonyl (C=O) groups is 2. The number of aromatic nitrogens is 2. The molecule has 0 aliphatic heterocycles. The monoisotopic (exact) mass is 324 g/mol. The first-order chi connectivity index (χ1) is 10.6. The van der Waals surface area contributed by atoms with E-state index in [0.717, 1.165) is 30.8 Å². The summed E-state index contributed by atoms with van der Waals surface area (Å²) in [5, 5.41) is 8.51. The van der Waals surface area contributed by atoms with Crippen molar-refractivity contribution in [2.45, 2.75) is 64.5 Å². The third-order valence-corrected chi connectivity index (χ3v) is 4.75. The molecule has 22 heavy (non-hydrogen) atoms. The topological polar surface area (TPSA) is 75.2 Å². The second-order valence-corrected chi connectivity index (χ2v) is 6.49. The number of hydrogen-bond donors (Lipinski definition) is 1. The van der Waals surface area contributed by atoms with Crippen LogP contribution in [-0.2, 0) is 4.79 Å². The van der Waals surface area contributed by atoms with Crippen LogP contribution in [0.1, 0.15) is 62.9 Å². The Balaban J connectivity index is 1.96. The number of rotatable bonds is 6. The Hall–Kier alpha value is -1.50. The van der Waals surface area contributed by atoms with Gasteiger partial charge in [0.05, 0.1) is 0 Å². The van der Waals surface area contributed by atoms with Crippen molar-refractivity contribution in [2.75, 3.05) is 6.54 Å². The molecule has 2 rings (SSSR count). The Kier molecular flexibility index (Phi) is 6.30. The molecule has 1 atom stereocenters. The summed E-state index contributed by atoms with van der Waals surface area (Å²) in [6.07, 6.45) is 6.46. The van der Waals surface area contributed by atoms with Crippen molar-refractivity contribution in [3.05, 3.63) is 11.1 Å². The van der Waals surface area contributed by atoms with Crippen LogP contribution in [0.15, 0.2) is 5.38 Å². The molecule has 1 aliphatic rings. The maximum Gasteiger partial charge on any atom is 0.276 e. The normalized spacial score (nSPS) is 17.0. The number of amides is 2. The second-order valence-electron chi connectivity index (χ2n) is 5.88. The lowest BCUT2D eigenvalue weighted by Crippen LogP contribution is -2.47. The van der Waals surface area contributed by atoms with E-state index in [1.165, 1.54) is 19.3 Å². The van der Waals surface area contributed by atoms with Gasteiger partial charge >= 0.3 is 0 Å². The Morgan fingerprint density at radius 1 is 1.41 bits per heavy atom. The number of carbonyl (C=O) groups excluding carboxylic acids is 2. The molecule has 7 heteroatoms. The van der Waals surface area contributed by atoms with E-state index in [1.807, 2.05) is 13.8 Å². The molecule has 1 N–H and O–H groups in total. The largest absolute Gasteiger partial charge is 0.352 e. The molecule has 1 aliphatic carbocycles. The van der Waals surface area contributed by atoms with Crippen molar-refractivity contribution in [2.24, 2.45) is 0 Å². The zero-order valence-electron chi connectivity index (χ0n) is 13.2. The van der Waals surface area contributed by atoms with Gasteiger partial charge in [0.1, 0.15) is 6.54 Å². The number of nitrogens with one attached hydrogen (secondary N) is 1. The minimum absolute atomic E-state index is 0.00805. The highest BCUT2D eigenvalue weighted by atomic mass is 32.1. The average Bonchev–Trinajstić information content (AvgIpc) is 3.06. The van der Waals surface area contributed by atoms with Gasteiger partial charge in [0.25, 0.3) is 5.91 Å². The van der Waals surface area contributed by atoms with E-state index in [9.17, 15) is 9.59 Å². The van der Waals surface area contributed by atoms with Crippen LogP contribution < -0.4 is 5.32 Å². The fraction of sp³-hybridized carbons (Fsp3) is 0.733. The smallest absolute Gasteiger partial charge is 0.276 e. The number of hydrogen-bond acceptors (Lipinski definition) is 5. The molecule has 0 bridgehead atoms. The van der Waals surface area contributed by atoms with Crippen LogP contribution in [0, 0.1) is 0 Å². The van der Waals surface area contributed by atoms with Crippen LogP contribution in [0.3, 0.4) is 0 Å². The standard InChI is InChI=1S/C15H24N4O2S/c1-3-11(2)19(15(21)13-10-22-18-17-13)9-14(20)16-12-7-5-4-6-8-12/h10-12H,3-9H2,1-2H3,(H,16,20)/t11-/m0/s1. The fourth-order valence-corrected chi connectivity index (χ4v) is 3.16. The van der Waals surface area contributed by atoms with Crippen molar-refractivity contribution in [1.29, 1.82) is 0 Å². The summed E-state index contributed by atoms with van der Waals surface area (Å²) < 4.78 is 3.73. The van der Waals surface area contributed by atoms with Gasteiger partial charge in [0.2, 0.25) is 5.91 Å². The molecule has 0 unspecified atom stereocenters. The maximum absolute atomic E-state index is 12.5. The summed E-state index contributed by atoms with van der Waals surface area (Å²) in [5.41, 5.74) is 0.316. The first-order valence-electron chi connectivity index (χ1n) is 7.99. The van der Waals surface area contributed by atoms with Gasteiger partial charge in [-0.25, -0.2) is 0 Å². The summed E-state index contributed by atoms with van der Waals surface area (Å²) in [4.78, 5) is 26.4. The van der Waals surface area contributed by atoms with Gasteiger partial charge in [-0.1, -0.05) is 30.7 Å². The molecule has 1 saturated carbocycles. The van der Waals surface area contributed by atoms with E-state index >= 15 is 0 Å². The molecule has 0 radical (unpaired) electrons. The molecule has 0 aromatic carbocycles. The first-order valence-corrected chi connectivity index (χ1v) is 8.82. The van der Waals surface area contributed by atoms with E-state index in [0.29, 0.717) is 5.69 Å². The lowest BCUT2D eigenvalue weighted by Gasteiger charge is -2.29. The predicted octanol–water partition coefficient (Wildman–Crippen LogP) is 2.23. The summed E-state index contributed by atoms with van der Waals surface area (Å²) >= 11 is 1.14. The van der Waals surface area contributed by atoms with E-state index in [-0.39, 0.29) is 30.4 Å². The van der Waals surface area contributed by atoms with Gasteiger partial charge in [-0.05, 0) is 37.7 Å². The highest BCUT2D eigenvalue weighted by molar-refractivity contribution is 7.03. The second kappa shape index (κ2) is 8.22. The highest BCUT2D eigenvalue weighted by Crippen LogP contribution is 2.17. The Labute approximate surface area is 135 Å². The quantitative estimate of drug-likeness (QED) is 0.870. The van der Waals surface area contributed by atoms with Gasteiger partial charge < -0.3 is 10.2 Å². The molecular weight excluding hydrogens is 300 g/mol. The third-order valence-electron chi connectivity index (χ3n) is 4.25. The Bertz CT molecular complexity index is 486. The molecule has 122 valence electrons. The summed E-state index contributed by atoms with van der Waals surface area (Å²) in [6, 6.07) is 0.252. The van der Waals surface area contributed by atoms with Crippen LogP contribution in [-0.4, -0.2) is 44.9 Å². The Morgan fingerprint density at radius 2 is 2.14 bits per heavy atom. The van der Waals surface area contributed by atoms with E-state index in [2.05, 4.69) is 14.9 Å². The Morgan fingerprint density at radius 3 is 2.73 bits per heavy atom. The van der Waals surface area contributed by atoms with E-state index in [4.69, 9.17) is 0 Å². The third kappa shape index (κ3) is 4.50. The summed E-state index contributed by atoms with van der Waals surface area (Å²) in [7, 11) is 0. The summed E-state index contributed by atoms with van der Waals surface area (Å²) in [6.45, 7) is 4.04. The van der Waals surface area contributed by atoms with Crippen molar-refractivity contribution >= 4 is 23.3 Å². The fourth-order valence-electron chi connectivity index (χ4n) is 2.73. The molecule has 1 heterocycles. The zero-order valence-corrected chi connectivity index (χ0v) is 14.1. The lowest BCUT2D eigenvalue weighted by atomic mass is 9.95. The van der Waals surface area contributed by atoms with Crippen LogP contribution in [0.5, 0.6) is 0 Å². The zero-order chi connectivity index (χ0) is 15.9. The molecule has 1 aromatic rings. The average molecular weight is 324 g/mol. The molecule has 1 fully saturated rings. The summed E-state index contributed by atoms with van der Waals surface area (Å²) in [5.74, 6) is -0.300. The maximum atomic E-state index is 12.5. The molecule has 0 spiro atoms. The lowest BCUT2D eigenvalue weighted by molar-refractivity contribution is -0.123. The molecule has 1 aromatic heterocycles. The highest BCUT2D eigenvalue weighted by Gasteiger charge is 2.26. The van der Waals surface area contributed by atoms with Crippen LogP contribution in [0.4, 0.5) is 0 Å². The van der Waals surface area contributed by atoms with Crippen LogP contribution >= 0.6 is 11.5 Å². The van der Waals surface area contributed by atoms with Crippen molar-refractivity contribution in [1.82, 2.24) is 19.8 Å². The van der Waals surface area contributed by atoms with Gasteiger partial charge in [-0.3, -0.25) is 9.59 Å². The predicted molar refractivity (Wildman–Crippen MR) is 85.7 cm³/mol. The van der Waals surface area contributed by atoms with Crippen LogP contribution in [0.2, 0.25) is 0 Å². The van der Waals surface area contributed by atoms with Gasteiger partial charge in [0, 0.05) is 17.5 Å². The number of nitrogens with zero attached hydrogens (tertiary/aromatic N) is 3. The van der Waals surface area contributed by atoms with Gasteiger partial charge in [-0.2, -0.15) is 0 Å². The molecular formula is C15H24N4O2S. The molecule has 2 amide bonds. The van der Waals surface area contributed by atoms with E-state index < -0.39 is 0 Å². The molecule has 0 saturated heterocycles. The van der Waals surface area contributed by atoms with Crippen molar-refractivity contribution < 1.29 is 9.59 Å². The van der Waals surface area contributed by atoms with Crippen LogP contribution in [0.25, 0.3) is 0 Å². The van der Waals surface area contributed by atoms with Gasteiger partial charge in [-0.15, -0.1) is 5.10 Å². The molecule has 6 nitrogen and oxygen atoms in total. The van der Waals surface area contributed by atoms with E-state index in [1.54, 1.807) is 10.3 Å². The minimum atomic E-state index is -0.220.